The zero-order valence-electron chi connectivity index (χ0n) is 23.8. The molecule has 1 saturated heterocycles. The summed E-state index contributed by atoms with van der Waals surface area (Å²) in [6.07, 6.45) is -0.215. The van der Waals surface area contributed by atoms with Crippen LogP contribution in [0.25, 0.3) is 21.9 Å². The number of ether oxygens (including phenoxy) is 4. The molecule has 214 valence electrons. The molecule has 4 bridgehead atoms. The molecule has 3 aromatic rings. The van der Waals surface area contributed by atoms with Crippen molar-refractivity contribution in [2.24, 2.45) is 0 Å². The van der Waals surface area contributed by atoms with Gasteiger partial charge in [0.15, 0.2) is 17.4 Å². The smallest absolute Gasteiger partial charge is 0.306 e. The molecule has 2 atom stereocenters. The Balaban J connectivity index is 1.64. The van der Waals surface area contributed by atoms with Crippen LogP contribution >= 0.6 is 0 Å². The summed E-state index contributed by atoms with van der Waals surface area (Å²) in [5.41, 5.74) is 3.80. The van der Waals surface area contributed by atoms with Crippen LogP contribution in [0.2, 0.25) is 0 Å². The highest BCUT2D eigenvalue weighted by Gasteiger charge is 2.42. The van der Waals surface area contributed by atoms with E-state index in [0.29, 0.717) is 29.5 Å². The number of esters is 2. The number of Topliss-reactive ketones (excluding diaryl/α,β-unsaturated/α-hetero) is 2. The molecule has 0 unspecified atom stereocenters. The molecule has 0 aliphatic carbocycles. The van der Waals surface area contributed by atoms with E-state index in [2.05, 4.69) is 0 Å². The van der Waals surface area contributed by atoms with Crippen LogP contribution in [0.4, 0.5) is 0 Å². The number of fused-ring (bicyclic) bond motifs is 3. The topological polar surface area (TPSA) is 105 Å². The van der Waals surface area contributed by atoms with Crippen LogP contribution in [0.15, 0.2) is 48.5 Å². The standard InChI is InChI=1S/C33H34O8/c1-19(34)25-16-26-22-9-7-11-24(26)32(31(25)20(2)35)23-10-6-5-8-21(23)12-14-29(36)38-17-27-28(41-33(3,4)40-27)18-39-30(37)15-13-22/h5-11,16,27-28H,12-15,17-18H2,1-4H3/t27-,28-/m0/s1. The third-order valence-electron chi connectivity index (χ3n) is 7.59. The minimum atomic E-state index is -0.908. The first kappa shape index (κ1) is 28.6. The monoisotopic (exact) mass is 558 g/mol. The van der Waals surface area contributed by atoms with E-state index in [-0.39, 0.29) is 37.6 Å². The molecule has 8 nitrogen and oxygen atoms in total. The molecular formula is C33H34O8. The quantitative estimate of drug-likeness (QED) is 0.304. The fourth-order valence-corrected chi connectivity index (χ4v) is 5.77. The Hall–Kier alpha value is -3.88. The van der Waals surface area contributed by atoms with Crippen molar-refractivity contribution in [3.05, 3.63) is 70.8 Å². The summed E-state index contributed by atoms with van der Waals surface area (Å²) in [4.78, 5) is 51.6. The first-order valence-electron chi connectivity index (χ1n) is 13.9. The fourth-order valence-electron chi connectivity index (χ4n) is 5.77. The fraction of sp³-hybridized carbons (Fsp3) is 0.394. The summed E-state index contributed by atoms with van der Waals surface area (Å²) in [6.45, 7) is 6.35. The third-order valence-corrected chi connectivity index (χ3v) is 7.59. The van der Waals surface area contributed by atoms with Gasteiger partial charge in [0.1, 0.15) is 25.4 Å². The number of benzene rings is 3. The predicted octanol–water partition coefficient (Wildman–Crippen LogP) is 5.40. The summed E-state index contributed by atoms with van der Waals surface area (Å²) >= 11 is 0. The molecule has 41 heavy (non-hydrogen) atoms. The van der Waals surface area contributed by atoms with Gasteiger partial charge in [0, 0.05) is 29.5 Å². The van der Waals surface area contributed by atoms with E-state index >= 15 is 0 Å². The number of carbonyl (C=O) groups excluding carboxylic acids is 4. The molecule has 0 spiro atoms. The molecular weight excluding hydrogens is 524 g/mol. The number of hydrogen-bond acceptors (Lipinski definition) is 8. The van der Waals surface area contributed by atoms with Crippen molar-refractivity contribution in [2.45, 2.75) is 71.4 Å². The van der Waals surface area contributed by atoms with Crippen LogP contribution in [-0.4, -0.2) is 54.7 Å². The van der Waals surface area contributed by atoms with Crippen molar-refractivity contribution in [1.29, 1.82) is 0 Å². The van der Waals surface area contributed by atoms with Gasteiger partial charge in [0.2, 0.25) is 0 Å². The molecule has 0 saturated carbocycles. The lowest BCUT2D eigenvalue weighted by Gasteiger charge is -2.20. The zero-order chi connectivity index (χ0) is 29.3. The molecule has 0 N–H and O–H groups in total. The highest BCUT2D eigenvalue weighted by molar-refractivity contribution is 6.18. The lowest BCUT2D eigenvalue weighted by molar-refractivity contribution is -0.163. The number of hydrogen-bond donors (Lipinski definition) is 0. The van der Waals surface area contributed by atoms with E-state index in [1.807, 2.05) is 42.5 Å². The van der Waals surface area contributed by atoms with Crippen LogP contribution in [0.1, 0.15) is 72.4 Å². The highest BCUT2D eigenvalue weighted by atomic mass is 16.8. The second-order valence-corrected chi connectivity index (χ2v) is 11.0. The first-order chi connectivity index (χ1) is 19.5. The highest BCUT2D eigenvalue weighted by Crippen LogP contribution is 2.39. The van der Waals surface area contributed by atoms with Gasteiger partial charge in [0.05, 0.1) is 0 Å². The molecule has 5 rings (SSSR count). The predicted molar refractivity (Wildman–Crippen MR) is 152 cm³/mol. The lowest BCUT2D eigenvalue weighted by atomic mass is 9.83. The van der Waals surface area contributed by atoms with Crippen molar-refractivity contribution in [2.75, 3.05) is 13.2 Å². The van der Waals surface area contributed by atoms with E-state index in [1.54, 1.807) is 19.9 Å². The van der Waals surface area contributed by atoms with Crippen LogP contribution in [0.3, 0.4) is 0 Å². The Labute approximate surface area is 238 Å². The summed E-state index contributed by atoms with van der Waals surface area (Å²) in [5, 5.41) is 1.58. The third kappa shape index (κ3) is 6.09. The van der Waals surface area contributed by atoms with Gasteiger partial charge in [-0.25, -0.2) is 0 Å². The van der Waals surface area contributed by atoms with Gasteiger partial charge < -0.3 is 18.9 Å². The molecule has 0 aromatic heterocycles. The number of ketones is 2. The summed E-state index contributed by atoms with van der Waals surface area (Å²) in [7, 11) is 0. The van der Waals surface area contributed by atoms with Crippen molar-refractivity contribution in [3.8, 4) is 11.1 Å². The lowest BCUT2D eigenvalue weighted by Crippen LogP contribution is -2.33. The van der Waals surface area contributed by atoms with E-state index in [0.717, 1.165) is 27.5 Å². The van der Waals surface area contributed by atoms with Crippen LogP contribution in [-0.2, 0) is 41.4 Å². The zero-order valence-corrected chi connectivity index (χ0v) is 23.8. The minimum absolute atomic E-state index is 0.0337. The van der Waals surface area contributed by atoms with Gasteiger partial charge in [-0.1, -0.05) is 42.5 Å². The molecule has 0 radical (unpaired) electrons. The SMILES string of the molecule is CC(=O)c1cc2c3cccc2c(c1C(C)=O)-c1ccccc1CCC(=O)OC[C@@H]1OC(C)(C)O[C@H]1COC(=O)CC3. The normalized spacial score (nSPS) is 21.3. The molecule has 2 heterocycles. The maximum atomic E-state index is 13.1. The molecule has 8 heteroatoms. The van der Waals surface area contributed by atoms with Crippen molar-refractivity contribution in [3.63, 3.8) is 0 Å². The first-order valence-corrected chi connectivity index (χ1v) is 13.9. The Morgan fingerprint density at radius 1 is 0.732 bits per heavy atom. The number of carbonyl (C=O) groups is 4. The Morgan fingerprint density at radius 2 is 1.32 bits per heavy atom. The van der Waals surface area contributed by atoms with E-state index in [1.165, 1.54) is 13.8 Å². The van der Waals surface area contributed by atoms with Crippen molar-refractivity contribution >= 4 is 34.3 Å². The average Bonchev–Trinajstić information content (AvgIpc) is 3.24. The van der Waals surface area contributed by atoms with Crippen molar-refractivity contribution < 1.29 is 38.1 Å². The largest absolute Gasteiger partial charge is 0.463 e. The van der Waals surface area contributed by atoms with E-state index < -0.39 is 29.9 Å². The Morgan fingerprint density at radius 3 is 1.93 bits per heavy atom. The maximum Gasteiger partial charge on any atom is 0.306 e. The second-order valence-electron chi connectivity index (χ2n) is 11.0. The average molecular weight is 559 g/mol. The number of aryl methyl sites for hydroxylation is 2. The second kappa shape index (κ2) is 11.5. The molecule has 2 aliphatic heterocycles. The van der Waals surface area contributed by atoms with Gasteiger partial charge in [-0.15, -0.1) is 0 Å². The van der Waals surface area contributed by atoms with Gasteiger partial charge in [0.25, 0.3) is 0 Å². The van der Waals surface area contributed by atoms with Gasteiger partial charge >= 0.3 is 11.9 Å². The van der Waals surface area contributed by atoms with Gasteiger partial charge in [-0.05, 0) is 74.1 Å². The van der Waals surface area contributed by atoms with Gasteiger partial charge in [-0.3, -0.25) is 19.2 Å². The van der Waals surface area contributed by atoms with E-state index in [4.69, 9.17) is 18.9 Å². The number of rotatable bonds is 2. The number of cyclic esters (lactones) is 2. The summed E-state index contributed by atoms with van der Waals surface area (Å²) in [6, 6.07) is 15.1. The molecule has 0 amide bonds. The summed E-state index contributed by atoms with van der Waals surface area (Å²) < 4.78 is 22.9. The van der Waals surface area contributed by atoms with Crippen molar-refractivity contribution in [1.82, 2.24) is 0 Å². The molecule has 1 fully saturated rings. The summed E-state index contributed by atoms with van der Waals surface area (Å²) in [5.74, 6) is -2.19. The maximum absolute atomic E-state index is 13.1. The Kier molecular flexibility index (Phi) is 8.07. The van der Waals surface area contributed by atoms with Crippen LogP contribution in [0.5, 0.6) is 0 Å². The Bertz CT molecular complexity index is 1540. The minimum Gasteiger partial charge on any atom is -0.463 e. The van der Waals surface area contributed by atoms with Crippen LogP contribution < -0.4 is 0 Å². The van der Waals surface area contributed by atoms with Crippen LogP contribution in [0, 0.1) is 0 Å². The molecule has 3 aromatic carbocycles. The van der Waals surface area contributed by atoms with Gasteiger partial charge in [-0.2, -0.15) is 0 Å². The molecule has 2 aliphatic rings. The van der Waals surface area contributed by atoms with E-state index in [9.17, 15) is 19.2 Å².